The number of hydrogen-bond acceptors (Lipinski definition) is 3. The minimum Gasteiger partial charge on any atom is -0.310 e. The van der Waals surface area contributed by atoms with Crippen molar-refractivity contribution in [1.29, 1.82) is 0 Å². The van der Waals surface area contributed by atoms with Gasteiger partial charge >= 0.3 is 0 Å². The van der Waals surface area contributed by atoms with Crippen molar-refractivity contribution in [2.75, 3.05) is 11.5 Å². The Morgan fingerprint density at radius 1 is 1.50 bits per heavy atom. The number of nitrogens with one attached hydrogen (secondary N) is 1. The van der Waals surface area contributed by atoms with Crippen LogP contribution in [0.4, 0.5) is 4.39 Å². The van der Waals surface area contributed by atoms with E-state index in [-0.39, 0.29) is 29.4 Å². The number of sulfone groups is 1. The highest BCUT2D eigenvalue weighted by Gasteiger charge is 2.28. The lowest BCUT2D eigenvalue weighted by molar-refractivity contribution is 0.468. The smallest absolute Gasteiger partial charge is 0.151 e. The highest BCUT2D eigenvalue weighted by Crippen LogP contribution is 2.13. The van der Waals surface area contributed by atoms with Crippen molar-refractivity contribution in [3.63, 3.8) is 0 Å². The van der Waals surface area contributed by atoms with Crippen molar-refractivity contribution < 1.29 is 12.8 Å². The van der Waals surface area contributed by atoms with Crippen molar-refractivity contribution in [1.82, 2.24) is 5.32 Å². The average molecular weight is 271 g/mol. The van der Waals surface area contributed by atoms with E-state index in [4.69, 9.17) is 0 Å². The maximum atomic E-state index is 13.0. The van der Waals surface area contributed by atoms with Gasteiger partial charge in [0.05, 0.1) is 11.5 Å². The Hall–Kier alpha value is -0.940. The fourth-order valence-corrected chi connectivity index (χ4v) is 4.09. The van der Waals surface area contributed by atoms with Crippen LogP contribution in [0.3, 0.4) is 0 Å². The van der Waals surface area contributed by atoms with E-state index in [1.54, 1.807) is 6.07 Å². The van der Waals surface area contributed by atoms with Gasteiger partial charge in [-0.1, -0.05) is 12.1 Å². The molecular weight excluding hydrogens is 253 g/mol. The van der Waals surface area contributed by atoms with Crippen LogP contribution < -0.4 is 5.32 Å². The zero-order chi connectivity index (χ0) is 13.2. The van der Waals surface area contributed by atoms with E-state index in [0.717, 1.165) is 5.56 Å². The third kappa shape index (κ3) is 3.78. The first-order chi connectivity index (χ1) is 8.44. The lowest BCUT2D eigenvalue weighted by Gasteiger charge is -2.18. The maximum Gasteiger partial charge on any atom is 0.151 e. The van der Waals surface area contributed by atoms with Gasteiger partial charge in [-0.05, 0) is 37.5 Å². The molecule has 2 atom stereocenters. The molecule has 1 aliphatic heterocycles. The molecule has 1 aliphatic rings. The van der Waals surface area contributed by atoms with Gasteiger partial charge < -0.3 is 5.32 Å². The first-order valence-electron chi connectivity index (χ1n) is 6.15. The number of hydrogen-bond donors (Lipinski definition) is 1. The molecule has 1 aromatic rings. The Labute approximate surface area is 107 Å². The Balaban J connectivity index is 1.88. The summed E-state index contributed by atoms with van der Waals surface area (Å²) in [5.41, 5.74) is 0.927. The second kappa shape index (κ2) is 5.36. The van der Waals surface area contributed by atoms with Crippen LogP contribution in [0, 0.1) is 5.82 Å². The van der Waals surface area contributed by atoms with Crippen molar-refractivity contribution in [2.45, 2.75) is 31.8 Å². The van der Waals surface area contributed by atoms with E-state index in [1.165, 1.54) is 12.1 Å². The van der Waals surface area contributed by atoms with E-state index < -0.39 is 9.84 Å². The molecule has 1 N–H and O–H groups in total. The fraction of sp³-hybridized carbons (Fsp3) is 0.538. The Morgan fingerprint density at radius 3 is 2.89 bits per heavy atom. The van der Waals surface area contributed by atoms with Gasteiger partial charge in [0.1, 0.15) is 5.82 Å². The first kappa shape index (κ1) is 13.5. The Kier molecular flexibility index (Phi) is 4.02. The second-order valence-corrected chi connectivity index (χ2v) is 7.23. The van der Waals surface area contributed by atoms with Gasteiger partial charge in [-0.15, -0.1) is 0 Å². The van der Waals surface area contributed by atoms with Gasteiger partial charge in [0.15, 0.2) is 9.84 Å². The van der Waals surface area contributed by atoms with Crippen LogP contribution >= 0.6 is 0 Å². The normalized spacial score (nSPS) is 24.0. The highest BCUT2D eigenvalue weighted by molar-refractivity contribution is 7.91. The predicted molar refractivity (Wildman–Crippen MR) is 69.8 cm³/mol. The third-order valence-electron chi connectivity index (χ3n) is 3.18. The maximum absolute atomic E-state index is 13.0. The molecule has 3 nitrogen and oxygen atoms in total. The molecule has 2 rings (SSSR count). The monoisotopic (exact) mass is 271 g/mol. The minimum absolute atomic E-state index is 0.0403. The van der Waals surface area contributed by atoms with Gasteiger partial charge in [0.2, 0.25) is 0 Å². The summed E-state index contributed by atoms with van der Waals surface area (Å²) in [4.78, 5) is 0. The number of benzene rings is 1. The molecule has 0 spiro atoms. The summed E-state index contributed by atoms with van der Waals surface area (Å²) in [5, 5.41) is 3.30. The SMILES string of the molecule is CC(Cc1cccc(F)c1)NC1CCS(=O)(=O)C1. The summed E-state index contributed by atoms with van der Waals surface area (Å²) >= 11 is 0. The second-order valence-electron chi connectivity index (χ2n) is 5.00. The summed E-state index contributed by atoms with van der Waals surface area (Å²) in [6.45, 7) is 2.00. The molecule has 0 aliphatic carbocycles. The third-order valence-corrected chi connectivity index (χ3v) is 4.95. The van der Waals surface area contributed by atoms with E-state index in [9.17, 15) is 12.8 Å². The van der Waals surface area contributed by atoms with Crippen molar-refractivity contribution >= 4 is 9.84 Å². The van der Waals surface area contributed by atoms with Crippen LogP contribution in [-0.2, 0) is 16.3 Å². The summed E-state index contributed by atoms with van der Waals surface area (Å²) in [6, 6.07) is 6.70. The van der Waals surface area contributed by atoms with Gasteiger partial charge in [0.25, 0.3) is 0 Å². The molecule has 100 valence electrons. The number of rotatable bonds is 4. The molecule has 2 unspecified atom stereocenters. The largest absolute Gasteiger partial charge is 0.310 e. The standard InChI is InChI=1S/C13H18FNO2S/c1-10(7-11-3-2-4-12(14)8-11)15-13-5-6-18(16,17)9-13/h2-4,8,10,13,15H,5-7,9H2,1H3. The molecule has 0 amide bonds. The van der Waals surface area contributed by atoms with Crippen LogP contribution in [0.2, 0.25) is 0 Å². The lowest BCUT2D eigenvalue weighted by Crippen LogP contribution is -2.38. The highest BCUT2D eigenvalue weighted by atomic mass is 32.2. The van der Waals surface area contributed by atoms with Crippen LogP contribution in [0.1, 0.15) is 18.9 Å². The summed E-state index contributed by atoms with van der Waals surface area (Å²) in [6.07, 6.45) is 1.38. The van der Waals surface area contributed by atoms with Crippen LogP contribution in [-0.4, -0.2) is 32.0 Å². The topological polar surface area (TPSA) is 46.2 Å². The van der Waals surface area contributed by atoms with Crippen LogP contribution in [0.5, 0.6) is 0 Å². The van der Waals surface area contributed by atoms with Crippen molar-refractivity contribution in [3.8, 4) is 0 Å². The molecule has 0 bridgehead atoms. The van der Waals surface area contributed by atoms with Gasteiger partial charge in [0, 0.05) is 12.1 Å². The molecule has 18 heavy (non-hydrogen) atoms. The molecule has 1 saturated heterocycles. The molecule has 0 saturated carbocycles. The zero-order valence-corrected chi connectivity index (χ0v) is 11.2. The number of halogens is 1. The predicted octanol–water partition coefficient (Wildman–Crippen LogP) is 1.53. The summed E-state index contributed by atoms with van der Waals surface area (Å²) in [5.74, 6) is 0.265. The molecule has 0 aromatic heterocycles. The van der Waals surface area contributed by atoms with Crippen molar-refractivity contribution in [3.05, 3.63) is 35.6 Å². The van der Waals surface area contributed by atoms with E-state index in [2.05, 4.69) is 5.32 Å². The van der Waals surface area contributed by atoms with E-state index in [1.807, 2.05) is 13.0 Å². The van der Waals surface area contributed by atoms with Crippen molar-refractivity contribution in [2.24, 2.45) is 0 Å². The lowest BCUT2D eigenvalue weighted by atomic mass is 10.1. The molecule has 5 heteroatoms. The molecule has 1 heterocycles. The first-order valence-corrected chi connectivity index (χ1v) is 7.98. The van der Waals surface area contributed by atoms with Gasteiger partial charge in [-0.3, -0.25) is 0 Å². The van der Waals surface area contributed by atoms with E-state index >= 15 is 0 Å². The zero-order valence-electron chi connectivity index (χ0n) is 10.4. The molecular formula is C13H18FNO2S. The minimum atomic E-state index is -2.84. The van der Waals surface area contributed by atoms with E-state index in [0.29, 0.717) is 12.8 Å². The molecule has 1 aromatic carbocycles. The quantitative estimate of drug-likeness (QED) is 0.903. The van der Waals surface area contributed by atoms with Gasteiger partial charge in [-0.2, -0.15) is 0 Å². The van der Waals surface area contributed by atoms with Crippen LogP contribution in [0.25, 0.3) is 0 Å². The Bertz CT molecular complexity index is 515. The fourth-order valence-electron chi connectivity index (χ4n) is 2.41. The summed E-state index contributed by atoms with van der Waals surface area (Å²) in [7, 11) is -2.84. The summed E-state index contributed by atoms with van der Waals surface area (Å²) < 4.78 is 35.7. The average Bonchev–Trinajstić information content (AvgIpc) is 2.57. The van der Waals surface area contributed by atoms with Gasteiger partial charge in [-0.25, -0.2) is 12.8 Å². The Morgan fingerprint density at radius 2 is 2.28 bits per heavy atom. The molecule has 0 radical (unpaired) electrons. The molecule has 1 fully saturated rings. The van der Waals surface area contributed by atoms with Crippen LogP contribution in [0.15, 0.2) is 24.3 Å².